The van der Waals surface area contributed by atoms with Gasteiger partial charge >= 0.3 is 0 Å². The summed E-state index contributed by atoms with van der Waals surface area (Å²) in [6, 6.07) is 22.3. The average Bonchev–Trinajstić information content (AvgIpc) is 3.13. The van der Waals surface area contributed by atoms with Crippen molar-refractivity contribution in [2.45, 2.75) is 6.42 Å². The molecule has 0 unspecified atom stereocenters. The third kappa shape index (κ3) is 6.11. The van der Waals surface area contributed by atoms with Crippen LogP contribution >= 0.6 is 39.9 Å². The Morgan fingerprint density at radius 1 is 1.11 bits per heavy atom. The lowest BCUT2D eigenvalue weighted by Crippen LogP contribution is -2.44. The van der Waals surface area contributed by atoms with Crippen molar-refractivity contribution in [2.24, 2.45) is 0 Å². The largest absolute Gasteiger partial charge is 0.493 e. The van der Waals surface area contributed by atoms with Crippen LogP contribution in [0.25, 0.3) is 6.08 Å². The highest BCUT2D eigenvalue weighted by atomic mass is 79.9. The normalized spacial score (nSPS) is 14.3. The van der Waals surface area contributed by atoms with Gasteiger partial charge in [0.15, 0.2) is 15.8 Å². The number of amides is 2. The van der Waals surface area contributed by atoms with Crippen LogP contribution in [0.1, 0.15) is 21.5 Å². The maximum Gasteiger partial charge on any atom is 0.285 e. The minimum atomic E-state index is -0.412. The van der Waals surface area contributed by atoms with E-state index in [0.29, 0.717) is 33.0 Å². The molecule has 1 heterocycles. The Balaban J connectivity index is 1.47. The van der Waals surface area contributed by atoms with Gasteiger partial charge in [0.2, 0.25) is 0 Å². The first-order valence-corrected chi connectivity index (χ1v) is 12.7. The molecule has 35 heavy (non-hydrogen) atoms. The third-order valence-corrected chi connectivity index (χ3v) is 6.96. The van der Waals surface area contributed by atoms with Crippen molar-refractivity contribution in [3.63, 3.8) is 0 Å². The molecule has 1 aliphatic heterocycles. The van der Waals surface area contributed by atoms with Crippen LogP contribution < -0.4 is 14.9 Å². The topological polar surface area (TPSA) is 67.9 Å². The van der Waals surface area contributed by atoms with Gasteiger partial charge in [-0.2, -0.15) is 5.01 Å². The first kappa shape index (κ1) is 25.0. The minimum absolute atomic E-state index is 0.248. The fourth-order valence-corrected chi connectivity index (χ4v) is 5.10. The van der Waals surface area contributed by atoms with E-state index in [9.17, 15) is 9.59 Å². The molecular formula is C26H21BrN2O4S2. The fraction of sp³-hybridized carbons (Fsp3) is 0.115. The molecule has 0 aliphatic carbocycles. The molecule has 3 aromatic carbocycles. The number of rotatable bonds is 8. The maximum absolute atomic E-state index is 12.9. The SMILES string of the molecule is COc1cc(/C=C2\SC(=S)N(NC(=O)c3ccccc3)C2=O)cc(Br)c1OCCc1ccccc1. The van der Waals surface area contributed by atoms with E-state index in [1.54, 1.807) is 43.5 Å². The van der Waals surface area contributed by atoms with Gasteiger partial charge in [0.25, 0.3) is 11.8 Å². The number of carbonyl (C=O) groups is 2. The monoisotopic (exact) mass is 568 g/mol. The molecule has 178 valence electrons. The zero-order valence-corrected chi connectivity index (χ0v) is 21.9. The first-order valence-electron chi connectivity index (χ1n) is 10.6. The quantitative estimate of drug-likeness (QED) is 0.281. The number of methoxy groups -OCH3 is 1. The average molecular weight is 570 g/mol. The number of hydrazine groups is 1. The summed E-state index contributed by atoms with van der Waals surface area (Å²) in [6.45, 7) is 0.484. The zero-order chi connectivity index (χ0) is 24.8. The molecule has 0 aromatic heterocycles. The Morgan fingerprint density at radius 3 is 2.49 bits per heavy atom. The number of halogens is 1. The molecule has 1 aliphatic rings. The highest BCUT2D eigenvalue weighted by molar-refractivity contribution is 9.10. The summed E-state index contributed by atoms with van der Waals surface area (Å²) in [5, 5.41) is 1.09. The molecule has 0 atom stereocenters. The highest BCUT2D eigenvalue weighted by Gasteiger charge is 2.34. The summed E-state index contributed by atoms with van der Waals surface area (Å²) in [5.41, 5.74) is 4.91. The molecule has 1 fully saturated rings. The molecule has 0 spiro atoms. The van der Waals surface area contributed by atoms with Gasteiger partial charge in [0.1, 0.15) is 0 Å². The van der Waals surface area contributed by atoms with Gasteiger partial charge in [-0.25, -0.2) is 0 Å². The number of ether oxygens (including phenoxy) is 2. The Morgan fingerprint density at radius 2 is 1.80 bits per heavy atom. The Bertz CT molecular complexity index is 1280. The van der Waals surface area contributed by atoms with E-state index >= 15 is 0 Å². The van der Waals surface area contributed by atoms with Gasteiger partial charge in [-0.3, -0.25) is 15.0 Å². The number of nitrogens with one attached hydrogen (secondary N) is 1. The molecule has 0 bridgehead atoms. The van der Waals surface area contributed by atoms with Crippen molar-refractivity contribution in [3.8, 4) is 11.5 Å². The standard InChI is InChI=1S/C26H21BrN2O4S2/c1-32-21-15-18(14-20(27)23(21)33-13-12-17-8-4-2-5-9-17)16-22-25(31)29(26(34)35-22)28-24(30)19-10-6-3-7-11-19/h2-11,14-16H,12-13H2,1H3,(H,28,30)/b22-16-. The molecule has 3 aromatic rings. The minimum Gasteiger partial charge on any atom is -0.493 e. The highest BCUT2D eigenvalue weighted by Crippen LogP contribution is 2.39. The summed E-state index contributed by atoms with van der Waals surface area (Å²) >= 11 is 9.99. The number of thioether (sulfide) groups is 1. The number of hydrogen-bond donors (Lipinski definition) is 1. The second kappa shape index (κ2) is 11.5. The van der Waals surface area contributed by atoms with E-state index in [-0.39, 0.29) is 4.32 Å². The molecule has 9 heteroatoms. The molecule has 4 rings (SSSR count). The lowest BCUT2D eigenvalue weighted by Gasteiger charge is -2.15. The molecule has 1 N–H and O–H groups in total. The van der Waals surface area contributed by atoms with Gasteiger partial charge < -0.3 is 9.47 Å². The summed E-state index contributed by atoms with van der Waals surface area (Å²) < 4.78 is 12.5. The summed E-state index contributed by atoms with van der Waals surface area (Å²) in [7, 11) is 1.56. The Labute approximate surface area is 221 Å². The van der Waals surface area contributed by atoms with Gasteiger partial charge in [-0.05, 0) is 69.6 Å². The van der Waals surface area contributed by atoms with Gasteiger partial charge in [-0.1, -0.05) is 60.3 Å². The van der Waals surface area contributed by atoms with E-state index < -0.39 is 11.8 Å². The van der Waals surface area contributed by atoms with Gasteiger partial charge in [0, 0.05) is 12.0 Å². The summed E-state index contributed by atoms with van der Waals surface area (Å²) in [6.07, 6.45) is 2.46. The van der Waals surface area contributed by atoms with Crippen molar-refractivity contribution < 1.29 is 19.1 Å². The number of hydrogen-bond acceptors (Lipinski definition) is 6. The zero-order valence-electron chi connectivity index (χ0n) is 18.7. The van der Waals surface area contributed by atoms with Gasteiger partial charge in [-0.15, -0.1) is 0 Å². The van der Waals surface area contributed by atoms with Crippen LogP contribution in [0.15, 0.2) is 82.2 Å². The molecular weight excluding hydrogens is 548 g/mol. The number of benzene rings is 3. The summed E-state index contributed by atoms with van der Waals surface area (Å²) in [4.78, 5) is 25.8. The van der Waals surface area contributed by atoms with Crippen molar-refractivity contribution in [1.82, 2.24) is 10.4 Å². The van der Waals surface area contributed by atoms with Crippen LogP contribution in [0.2, 0.25) is 0 Å². The fourth-order valence-electron chi connectivity index (χ4n) is 3.35. The second-order valence-electron chi connectivity index (χ2n) is 7.44. The van der Waals surface area contributed by atoms with E-state index in [0.717, 1.165) is 28.8 Å². The van der Waals surface area contributed by atoms with E-state index in [1.165, 1.54) is 5.56 Å². The predicted molar refractivity (Wildman–Crippen MR) is 145 cm³/mol. The number of nitrogens with zero attached hydrogens (tertiary/aromatic N) is 1. The van der Waals surface area contributed by atoms with Crippen molar-refractivity contribution in [3.05, 3.63) is 98.9 Å². The van der Waals surface area contributed by atoms with E-state index in [1.807, 2.05) is 30.3 Å². The molecule has 2 amide bonds. The first-order chi connectivity index (χ1) is 17.0. The maximum atomic E-state index is 12.9. The number of thiocarbonyl (C=S) groups is 1. The van der Waals surface area contributed by atoms with E-state index in [2.05, 4.69) is 33.5 Å². The number of carbonyl (C=O) groups excluding carboxylic acids is 2. The van der Waals surface area contributed by atoms with Crippen molar-refractivity contribution >= 4 is 62.1 Å². The van der Waals surface area contributed by atoms with Crippen LogP contribution in [-0.2, 0) is 11.2 Å². The molecule has 0 radical (unpaired) electrons. The third-order valence-electron chi connectivity index (χ3n) is 5.07. The smallest absolute Gasteiger partial charge is 0.285 e. The predicted octanol–water partition coefficient (Wildman–Crippen LogP) is 5.63. The van der Waals surface area contributed by atoms with Gasteiger partial charge in [0.05, 0.1) is 23.1 Å². The Hall–Kier alpha value is -3.14. The van der Waals surface area contributed by atoms with Crippen molar-refractivity contribution in [2.75, 3.05) is 13.7 Å². The van der Waals surface area contributed by atoms with Crippen molar-refractivity contribution in [1.29, 1.82) is 0 Å². The van der Waals surface area contributed by atoms with Crippen LogP contribution in [0, 0.1) is 0 Å². The van der Waals surface area contributed by atoms with Crippen LogP contribution in [0.4, 0.5) is 0 Å². The van der Waals surface area contributed by atoms with E-state index in [4.69, 9.17) is 21.7 Å². The lowest BCUT2D eigenvalue weighted by atomic mass is 10.1. The molecule has 1 saturated heterocycles. The second-order valence-corrected chi connectivity index (χ2v) is 9.97. The van der Waals surface area contributed by atoms with Crippen LogP contribution in [0.5, 0.6) is 11.5 Å². The lowest BCUT2D eigenvalue weighted by molar-refractivity contribution is -0.123. The van der Waals surface area contributed by atoms with Crippen LogP contribution in [-0.4, -0.2) is 34.9 Å². The summed E-state index contributed by atoms with van der Waals surface area (Å²) in [5.74, 6) is 0.307. The Kier molecular flexibility index (Phi) is 8.22. The van der Waals surface area contributed by atoms with Crippen LogP contribution in [0.3, 0.4) is 0 Å². The molecule has 6 nitrogen and oxygen atoms in total. The molecule has 0 saturated carbocycles.